The minimum Gasteiger partial charge on any atom is -0.496 e. The molecule has 3 aromatic carbocycles. The highest BCUT2D eigenvalue weighted by Gasteiger charge is 2.44. The van der Waals surface area contributed by atoms with E-state index in [0.717, 1.165) is 43.6 Å². The van der Waals surface area contributed by atoms with Crippen LogP contribution in [0.15, 0.2) is 66.7 Å². The lowest BCUT2D eigenvalue weighted by molar-refractivity contribution is -0.0374. The van der Waals surface area contributed by atoms with Crippen LogP contribution in [0.4, 0.5) is 4.79 Å². The maximum absolute atomic E-state index is 13.9. The number of rotatable bonds is 9. The van der Waals surface area contributed by atoms with E-state index in [-0.39, 0.29) is 11.3 Å². The summed E-state index contributed by atoms with van der Waals surface area (Å²) in [7, 11) is 3.10. The Balaban J connectivity index is 1.36. The quantitative estimate of drug-likeness (QED) is 0.301. The molecule has 2 aliphatic heterocycles. The number of carbonyl (C=O) groups is 2. The van der Waals surface area contributed by atoms with Crippen LogP contribution in [0, 0.1) is 0 Å². The number of methoxy groups -OCH3 is 2. The van der Waals surface area contributed by atoms with Gasteiger partial charge in [-0.25, -0.2) is 4.79 Å². The highest BCUT2D eigenvalue weighted by molar-refractivity contribution is 6.42. The smallest absolute Gasteiger partial charge is 0.405 e. The molecular weight excluding hydrogens is 589 g/mol. The second-order valence-electron chi connectivity index (χ2n) is 11.3. The zero-order chi connectivity index (χ0) is 30.6. The SMILES string of the molecule is COc1cccc(OC)c1C(=O)N1CCC(CCN2CCC(OC(N)=O)(c3ccccc3)CC2)(c2ccc(Cl)c(Cl)c2)C1. The highest BCUT2D eigenvalue weighted by Crippen LogP contribution is 2.43. The molecule has 0 radical (unpaired) electrons. The predicted octanol–water partition coefficient (Wildman–Crippen LogP) is 6.27. The molecule has 2 amide bonds. The van der Waals surface area contributed by atoms with E-state index in [1.54, 1.807) is 32.4 Å². The van der Waals surface area contributed by atoms with Gasteiger partial charge in [0.2, 0.25) is 0 Å². The summed E-state index contributed by atoms with van der Waals surface area (Å²) in [6, 6.07) is 20.9. The van der Waals surface area contributed by atoms with Gasteiger partial charge in [0.05, 0.1) is 24.3 Å². The minimum absolute atomic E-state index is 0.134. The first-order valence-electron chi connectivity index (χ1n) is 14.4. The number of ether oxygens (including phenoxy) is 3. The molecule has 2 aliphatic rings. The van der Waals surface area contributed by atoms with Gasteiger partial charge in [0.15, 0.2) is 0 Å². The Morgan fingerprint density at radius 3 is 2.12 bits per heavy atom. The first kappa shape index (κ1) is 31.0. The standard InChI is InChI=1S/C33H37Cl2N3O5/c1-41-27-9-6-10-28(42-2)29(27)30(39)38-20-14-32(22-38,24-11-12-25(34)26(35)21-24)13-17-37-18-15-33(16-19-37,43-31(36)40)23-7-4-3-5-8-23/h3-12,21H,13-20,22H2,1-2H3,(H2,36,40). The van der Waals surface area contributed by atoms with Gasteiger partial charge in [-0.15, -0.1) is 0 Å². The molecule has 5 rings (SSSR count). The average Bonchev–Trinajstić information content (AvgIpc) is 3.47. The van der Waals surface area contributed by atoms with Crippen LogP contribution in [-0.4, -0.2) is 68.7 Å². The number of halogens is 2. The first-order chi connectivity index (χ1) is 20.7. The minimum atomic E-state index is -0.765. The summed E-state index contributed by atoms with van der Waals surface area (Å²) in [4.78, 5) is 30.0. The number of primary amides is 1. The van der Waals surface area contributed by atoms with E-state index in [1.165, 1.54) is 0 Å². The van der Waals surface area contributed by atoms with Crippen LogP contribution in [0.2, 0.25) is 10.0 Å². The molecule has 228 valence electrons. The lowest BCUT2D eigenvalue weighted by atomic mass is 9.76. The van der Waals surface area contributed by atoms with Crippen molar-refractivity contribution in [1.82, 2.24) is 9.80 Å². The van der Waals surface area contributed by atoms with Crippen LogP contribution >= 0.6 is 23.2 Å². The van der Waals surface area contributed by atoms with Crippen molar-refractivity contribution >= 4 is 35.2 Å². The molecule has 0 aromatic heterocycles. The molecule has 2 heterocycles. The lowest BCUT2D eigenvalue weighted by Crippen LogP contribution is -2.47. The molecule has 1 unspecified atom stereocenters. The van der Waals surface area contributed by atoms with E-state index in [4.69, 9.17) is 43.1 Å². The summed E-state index contributed by atoms with van der Waals surface area (Å²) >= 11 is 12.8. The maximum atomic E-state index is 13.9. The molecule has 0 bridgehead atoms. The van der Waals surface area contributed by atoms with Crippen molar-refractivity contribution < 1.29 is 23.8 Å². The van der Waals surface area contributed by atoms with E-state index in [2.05, 4.69) is 4.90 Å². The summed E-state index contributed by atoms with van der Waals surface area (Å²) < 4.78 is 16.8. The van der Waals surface area contributed by atoms with Gasteiger partial charge in [0, 0.05) is 44.4 Å². The lowest BCUT2D eigenvalue weighted by Gasteiger charge is -2.42. The molecule has 43 heavy (non-hydrogen) atoms. The fourth-order valence-electron chi connectivity index (χ4n) is 6.57. The molecular formula is C33H37Cl2N3O5. The molecule has 2 fully saturated rings. The van der Waals surface area contributed by atoms with Crippen LogP contribution in [0.25, 0.3) is 0 Å². The summed E-state index contributed by atoms with van der Waals surface area (Å²) in [5, 5.41) is 0.983. The molecule has 0 spiro atoms. The van der Waals surface area contributed by atoms with Gasteiger partial charge < -0.3 is 29.7 Å². The van der Waals surface area contributed by atoms with Crippen molar-refractivity contribution in [2.75, 3.05) is 46.9 Å². The molecule has 10 heteroatoms. The molecule has 3 aromatic rings. The number of nitrogens with two attached hydrogens (primary N) is 1. The Labute approximate surface area is 262 Å². The molecule has 1 atom stereocenters. The Morgan fingerprint density at radius 2 is 1.51 bits per heavy atom. The van der Waals surface area contributed by atoms with Crippen molar-refractivity contribution in [3.63, 3.8) is 0 Å². The van der Waals surface area contributed by atoms with Gasteiger partial charge >= 0.3 is 6.09 Å². The van der Waals surface area contributed by atoms with Gasteiger partial charge in [-0.1, -0.05) is 65.7 Å². The van der Waals surface area contributed by atoms with Gasteiger partial charge in [0.25, 0.3) is 5.91 Å². The van der Waals surface area contributed by atoms with E-state index in [9.17, 15) is 9.59 Å². The number of likely N-dealkylation sites (tertiary alicyclic amines) is 2. The number of amides is 2. The summed E-state index contributed by atoms with van der Waals surface area (Å²) in [6.45, 7) is 3.35. The van der Waals surface area contributed by atoms with Crippen LogP contribution in [0.1, 0.15) is 47.2 Å². The molecule has 2 saturated heterocycles. The largest absolute Gasteiger partial charge is 0.496 e. The van der Waals surface area contributed by atoms with Crippen LogP contribution < -0.4 is 15.2 Å². The second kappa shape index (κ2) is 13.0. The van der Waals surface area contributed by atoms with Crippen molar-refractivity contribution in [3.8, 4) is 11.5 Å². The second-order valence-corrected chi connectivity index (χ2v) is 12.1. The monoisotopic (exact) mass is 625 g/mol. The molecule has 2 N–H and O–H groups in total. The van der Waals surface area contributed by atoms with E-state index < -0.39 is 11.7 Å². The highest BCUT2D eigenvalue weighted by atomic mass is 35.5. The van der Waals surface area contributed by atoms with Crippen molar-refractivity contribution in [3.05, 3.63) is 93.5 Å². The van der Waals surface area contributed by atoms with E-state index in [0.29, 0.717) is 53.0 Å². The van der Waals surface area contributed by atoms with Gasteiger partial charge in [-0.05, 0) is 54.8 Å². The van der Waals surface area contributed by atoms with Crippen molar-refractivity contribution in [2.45, 2.75) is 36.7 Å². The normalized spacial score (nSPS) is 20.0. The Morgan fingerprint density at radius 1 is 0.837 bits per heavy atom. The number of hydrogen-bond acceptors (Lipinski definition) is 6. The fourth-order valence-corrected chi connectivity index (χ4v) is 6.87. The summed E-state index contributed by atoms with van der Waals surface area (Å²) in [5.41, 5.74) is 6.85. The van der Waals surface area contributed by atoms with E-state index in [1.807, 2.05) is 53.4 Å². The zero-order valence-corrected chi connectivity index (χ0v) is 26.0. The number of piperidine rings is 1. The molecule has 8 nitrogen and oxygen atoms in total. The third-order valence-corrected chi connectivity index (χ3v) is 9.72. The Hall–Kier alpha value is -3.46. The Bertz CT molecular complexity index is 1440. The summed E-state index contributed by atoms with van der Waals surface area (Å²) in [6.07, 6.45) is 2.07. The maximum Gasteiger partial charge on any atom is 0.405 e. The molecule has 0 saturated carbocycles. The van der Waals surface area contributed by atoms with Crippen molar-refractivity contribution in [1.29, 1.82) is 0 Å². The van der Waals surface area contributed by atoms with Crippen LogP contribution in [0.5, 0.6) is 11.5 Å². The summed E-state index contributed by atoms with van der Waals surface area (Å²) in [5.74, 6) is 0.819. The number of hydrogen-bond donors (Lipinski definition) is 1. The average molecular weight is 627 g/mol. The van der Waals surface area contributed by atoms with Gasteiger partial charge in [0.1, 0.15) is 22.7 Å². The number of benzene rings is 3. The van der Waals surface area contributed by atoms with Crippen molar-refractivity contribution in [2.24, 2.45) is 5.73 Å². The van der Waals surface area contributed by atoms with Gasteiger partial charge in [-0.3, -0.25) is 4.79 Å². The van der Waals surface area contributed by atoms with Gasteiger partial charge in [-0.2, -0.15) is 0 Å². The molecule has 0 aliphatic carbocycles. The topological polar surface area (TPSA) is 94.3 Å². The zero-order valence-electron chi connectivity index (χ0n) is 24.5. The fraction of sp³-hybridized carbons (Fsp3) is 0.394. The van der Waals surface area contributed by atoms with Crippen LogP contribution in [-0.2, 0) is 15.8 Å². The van der Waals surface area contributed by atoms with E-state index >= 15 is 0 Å². The predicted molar refractivity (Wildman–Crippen MR) is 167 cm³/mol. The number of carbonyl (C=O) groups excluding carboxylic acids is 2. The Kier molecular flexibility index (Phi) is 9.39. The third-order valence-electron chi connectivity index (χ3n) is 8.98. The first-order valence-corrected chi connectivity index (χ1v) is 15.2. The third kappa shape index (κ3) is 6.42. The van der Waals surface area contributed by atoms with Crippen LogP contribution in [0.3, 0.4) is 0 Å². The number of nitrogens with zero attached hydrogens (tertiary/aromatic N) is 2.